The molecule has 44 heavy (non-hydrogen) atoms. The molecule has 6 rings (SSSR count). The normalized spacial score (nSPS) is 31.9. The minimum Gasteiger partial charge on any atom is -0.508 e. The Hall–Kier alpha value is -3.63. The number of aromatic hydroxyl groups is 1. The molecule has 0 unspecified atom stereocenters. The summed E-state index contributed by atoms with van der Waals surface area (Å²) in [7, 11) is 0. The zero-order valence-corrected chi connectivity index (χ0v) is 24.2. The van der Waals surface area contributed by atoms with Gasteiger partial charge in [0.05, 0.1) is 18.8 Å². The van der Waals surface area contributed by atoms with Gasteiger partial charge in [0.15, 0.2) is 6.10 Å². The maximum Gasteiger partial charge on any atom is 0.255 e. The highest BCUT2D eigenvalue weighted by atomic mass is 16.5. The fourth-order valence-corrected chi connectivity index (χ4v) is 6.75. The predicted molar refractivity (Wildman–Crippen MR) is 153 cm³/mol. The van der Waals surface area contributed by atoms with E-state index in [4.69, 9.17) is 4.74 Å². The number of hydrogen-bond acceptors (Lipinski definition) is 11. The summed E-state index contributed by atoms with van der Waals surface area (Å²) in [6, 6.07) is 5.25. The molecule has 1 aliphatic carbocycles. The smallest absolute Gasteiger partial charge is 0.255 e. The fourth-order valence-electron chi connectivity index (χ4n) is 6.75. The third-order valence-electron chi connectivity index (χ3n) is 9.19. The van der Waals surface area contributed by atoms with Crippen molar-refractivity contribution in [3.63, 3.8) is 0 Å². The number of nitrogens with zero attached hydrogens (tertiary/aromatic N) is 5. The number of aliphatic hydroxyl groups is 3. The number of amides is 3. The van der Waals surface area contributed by atoms with Crippen molar-refractivity contribution in [1.29, 1.82) is 0 Å². The van der Waals surface area contributed by atoms with Gasteiger partial charge in [-0.3, -0.25) is 14.4 Å². The standard InChI is InChI=1S/C29H39N7O8/c37-18-7-3-4-16(12-18)19-14-36(33-32-19)20-8-10-35-22(38)15-34(11-9-30-17-5-1-2-6-17)29(43)27-26(41)25(40)24(39)21(44-27)13-31-28(42)23(20)35/h3-4,7,12,14,17,20-21,23-27,30,37,39-41H,1-2,5-6,8-11,13,15H2,(H,31,42)/t20-,21+,23+,24+,25-,26-,27+/m1/s1. The topological polar surface area (TPSA) is 203 Å². The second-order valence-corrected chi connectivity index (χ2v) is 12.0. The number of rotatable bonds is 6. The van der Waals surface area contributed by atoms with E-state index < -0.39 is 60.3 Å². The molecule has 4 aliphatic rings. The van der Waals surface area contributed by atoms with Gasteiger partial charge in [-0.05, 0) is 31.4 Å². The lowest BCUT2D eigenvalue weighted by molar-refractivity contribution is -0.223. The summed E-state index contributed by atoms with van der Waals surface area (Å²) in [4.78, 5) is 44.0. The number of ether oxygens (including phenoxy) is 1. The van der Waals surface area contributed by atoms with Crippen molar-refractivity contribution in [2.24, 2.45) is 0 Å². The van der Waals surface area contributed by atoms with Crippen molar-refractivity contribution in [3.8, 4) is 17.0 Å². The third kappa shape index (κ3) is 6.02. The highest BCUT2D eigenvalue weighted by Crippen LogP contribution is 2.32. The number of fused-ring (bicyclic) bond motifs is 3. The van der Waals surface area contributed by atoms with Crippen LogP contribution in [0, 0.1) is 0 Å². The van der Waals surface area contributed by atoms with Gasteiger partial charge in [0.1, 0.15) is 41.9 Å². The summed E-state index contributed by atoms with van der Waals surface area (Å²) in [6.45, 7) is 0.127. The first-order chi connectivity index (χ1) is 21.2. The van der Waals surface area contributed by atoms with Crippen LogP contribution in [-0.4, -0.2) is 138 Å². The van der Waals surface area contributed by atoms with Crippen LogP contribution in [0.3, 0.4) is 0 Å². The second-order valence-electron chi connectivity index (χ2n) is 12.0. The molecule has 6 N–H and O–H groups in total. The first kappa shape index (κ1) is 30.4. The summed E-state index contributed by atoms with van der Waals surface area (Å²) in [5.41, 5.74) is 1.10. The van der Waals surface area contributed by atoms with Gasteiger partial charge in [-0.25, -0.2) is 4.68 Å². The third-order valence-corrected chi connectivity index (χ3v) is 9.19. The number of benzene rings is 1. The number of hydrogen-bond donors (Lipinski definition) is 6. The van der Waals surface area contributed by atoms with Gasteiger partial charge in [-0.2, -0.15) is 0 Å². The van der Waals surface area contributed by atoms with E-state index in [2.05, 4.69) is 20.9 Å². The maximum atomic E-state index is 13.8. The molecule has 2 aromatic rings. The van der Waals surface area contributed by atoms with Crippen molar-refractivity contribution < 1.29 is 39.5 Å². The molecule has 238 valence electrons. The Labute approximate surface area is 253 Å². The molecular formula is C29H39N7O8. The molecule has 3 saturated heterocycles. The molecular weight excluding hydrogens is 574 g/mol. The number of phenols is 1. The zero-order valence-electron chi connectivity index (χ0n) is 24.2. The van der Waals surface area contributed by atoms with E-state index in [1.807, 2.05) is 0 Å². The van der Waals surface area contributed by atoms with Crippen LogP contribution in [0.2, 0.25) is 0 Å². The van der Waals surface area contributed by atoms with Gasteiger partial charge in [-0.1, -0.05) is 30.2 Å². The summed E-state index contributed by atoms with van der Waals surface area (Å²) < 4.78 is 7.31. The van der Waals surface area contributed by atoms with E-state index in [1.54, 1.807) is 24.4 Å². The van der Waals surface area contributed by atoms with Crippen molar-refractivity contribution in [2.75, 3.05) is 32.7 Å². The summed E-state index contributed by atoms with van der Waals surface area (Å²) in [6.07, 6.45) is -1.33. The predicted octanol–water partition coefficient (Wildman–Crippen LogP) is -1.87. The van der Waals surface area contributed by atoms with E-state index in [9.17, 15) is 34.8 Å². The molecule has 1 saturated carbocycles. The summed E-state index contributed by atoms with van der Waals surface area (Å²) >= 11 is 0. The van der Waals surface area contributed by atoms with E-state index in [-0.39, 0.29) is 31.9 Å². The largest absolute Gasteiger partial charge is 0.508 e. The molecule has 3 aliphatic heterocycles. The van der Waals surface area contributed by atoms with Crippen LogP contribution in [0.5, 0.6) is 5.75 Å². The molecule has 2 bridgehead atoms. The molecule has 3 amide bonds. The molecule has 7 atom stereocenters. The van der Waals surface area contributed by atoms with Crippen molar-refractivity contribution >= 4 is 17.7 Å². The monoisotopic (exact) mass is 613 g/mol. The molecule has 4 fully saturated rings. The van der Waals surface area contributed by atoms with Gasteiger partial charge >= 0.3 is 0 Å². The average Bonchev–Trinajstić information content (AvgIpc) is 3.79. The highest BCUT2D eigenvalue weighted by Gasteiger charge is 2.50. The van der Waals surface area contributed by atoms with Gasteiger partial charge < -0.3 is 45.6 Å². The van der Waals surface area contributed by atoms with Crippen molar-refractivity contribution in [1.82, 2.24) is 35.4 Å². The van der Waals surface area contributed by atoms with Gasteiger partial charge in [0.2, 0.25) is 11.8 Å². The van der Waals surface area contributed by atoms with E-state index in [1.165, 1.54) is 20.5 Å². The number of aliphatic hydroxyl groups excluding tert-OH is 3. The molecule has 0 radical (unpaired) electrons. The highest BCUT2D eigenvalue weighted by molar-refractivity contribution is 5.92. The summed E-state index contributed by atoms with van der Waals surface area (Å²) in [5.74, 6) is -1.60. The van der Waals surface area contributed by atoms with Crippen LogP contribution in [0.4, 0.5) is 0 Å². The lowest BCUT2D eigenvalue weighted by Crippen LogP contribution is -2.65. The quantitative estimate of drug-likeness (QED) is 0.213. The summed E-state index contributed by atoms with van der Waals surface area (Å²) in [5, 5.41) is 56.3. The van der Waals surface area contributed by atoms with Crippen LogP contribution in [0.1, 0.15) is 38.1 Å². The van der Waals surface area contributed by atoms with Crippen LogP contribution in [0.15, 0.2) is 30.5 Å². The molecule has 15 nitrogen and oxygen atoms in total. The Morgan fingerprint density at radius 2 is 1.84 bits per heavy atom. The zero-order chi connectivity index (χ0) is 31.0. The van der Waals surface area contributed by atoms with Crippen LogP contribution >= 0.6 is 0 Å². The Kier molecular flexibility index (Phi) is 8.82. The van der Waals surface area contributed by atoms with E-state index in [0.717, 1.165) is 25.7 Å². The number of carbonyl (C=O) groups excluding carboxylic acids is 3. The fraction of sp³-hybridized carbons (Fsp3) is 0.621. The lowest BCUT2D eigenvalue weighted by Gasteiger charge is -2.42. The molecule has 4 heterocycles. The Morgan fingerprint density at radius 3 is 2.61 bits per heavy atom. The first-order valence-electron chi connectivity index (χ1n) is 15.2. The van der Waals surface area contributed by atoms with Crippen LogP contribution < -0.4 is 10.6 Å². The number of nitrogens with one attached hydrogen (secondary N) is 2. The van der Waals surface area contributed by atoms with Crippen LogP contribution in [-0.2, 0) is 19.1 Å². The van der Waals surface area contributed by atoms with Crippen molar-refractivity contribution in [3.05, 3.63) is 30.5 Å². The second kappa shape index (κ2) is 12.8. The Balaban J connectivity index is 1.27. The molecule has 1 aromatic carbocycles. The SMILES string of the molecule is O=C1NC[C@@H]2O[C@H](C(=O)N(CCNC3CCCC3)CC(=O)N3CC[C@@H](n4cc(-c5cccc(O)c5)nn4)[C@@H]13)[C@H](O)[C@H](O)[C@H]2O. The average molecular weight is 614 g/mol. The van der Waals surface area contributed by atoms with Crippen molar-refractivity contribution in [2.45, 2.75) is 80.7 Å². The van der Waals surface area contributed by atoms with Gasteiger partial charge in [0.25, 0.3) is 5.91 Å². The number of phenolic OH excluding ortho intramolecular Hbond substituents is 1. The van der Waals surface area contributed by atoms with Crippen LogP contribution in [0.25, 0.3) is 11.3 Å². The van der Waals surface area contributed by atoms with Gasteiger partial charge in [0, 0.05) is 37.8 Å². The van der Waals surface area contributed by atoms with Gasteiger partial charge in [-0.15, -0.1) is 5.10 Å². The molecule has 0 spiro atoms. The van der Waals surface area contributed by atoms with E-state index >= 15 is 0 Å². The number of aromatic nitrogens is 3. The van der Waals surface area contributed by atoms with E-state index in [0.29, 0.717) is 30.3 Å². The lowest BCUT2D eigenvalue weighted by atomic mass is 9.93. The maximum absolute atomic E-state index is 13.8. The Bertz CT molecular complexity index is 1370. The first-order valence-corrected chi connectivity index (χ1v) is 15.2. The molecule has 15 heteroatoms. The molecule has 1 aromatic heterocycles. The number of carbonyl (C=O) groups is 3. The minimum atomic E-state index is -1.72. The Morgan fingerprint density at radius 1 is 1.05 bits per heavy atom. The minimum absolute atomic E-state index is 0.0675.